The number of hydrogen-bond acceptors (Lipinski definition) is 6. The van der Waals surface area contributed by atoms with Crippen LogP contribution in [0.15, 0.2) is 4.42 Å². The van der Waals surface area contributed by atoms with E-state index in [1.165, 1.54) is 4.31 Å². The van der Waals surface area contributed by atoms with E-state index in [1.54, 1.807) is 18.4 Å². The molecule has 0 spiro atoms. The lowest BCUT2D eigenvalue weighted by atomic mass is 9.95. The Balaban J connectivity index is 1.73. The molecule has 136 valence electrons. The van der Waals surface area contributed by atoms with Gasteiger partial charge in [0.1, 0.15) is 0 Å². The van der Waals surface area contributed by atoms with Crippen LogP contribution < -0.4 is 0 Å². The summed E-state index contributed by atoms with van der Waals surface area (Å²) in [4.78, 5) is 2.30. The molecule has 3 saturated heterocycles. The molecule has 0 radical (unpaired) electrons. The van der Waals surface area contributed by atoms with Gasteiger partial charge in [-0.05, 0) is 18.8 Å². The molecule has 3 fully saturated rings. The Morgan fingerprint density at radius 3 is 2.58 bits per heavy atom. The van der Waals surface area contributed by atoms with Gasteiger partial charge in [0, 0.05) is 45.7 Å². The third kappa shape index (κ3) is 3.49. The molecule has 0 aliphatic carbocycles. The van der Waals surface area contributed by atoms with Crippen molar-refractivity contribution in [2.45, 2.75) is 45.2 Å². The Morgan fingerprint density at radius 2 is 1.96 bits per heavy atom. The number of nitrogens with zero attached hydrogens (tertiary/aromatic N) is 5. The van der Waals surface area contributed by atoms with Gasteiger partial charge in [-0.2, -0.15) is 17.0 Å². The van der Waals surface area contributed by atoms with Crippen molar-refractivity contribution in [3.63, 3.8) is 0 Å². The largest absolute Gasteiger partial charge is 0.424 e. The minimum Gasteiger partial charge on any atom is -0.424 e. The molecule has 1 aromatic rings. The zero-order valence-corrected chi connectivity index (χ0v) is 15.7. The summed E-state index contributed by atoms with van der Waals surface area (Å²) >= 11 is 0. The van der Waals surface area contributed by atoms with Crippen molar-refractivity contribution in [2.75, 3.05) is 33.7 Å². The molecule has 9 heteroatoms. The van der Waals surface area contributed by atoms with Crippen LogP contribution in [0.25, 0.3) is 0 Å². The predicted octanol–water partition coefficient (Wildman–Crippen LogP) is 0.896. The molecule has 8 nitrogen and oxygen atoms in total. The Labute approximate surface area is 144 Å². The van der Waals surface area contributed by atoms with Crippen molar-refractivity contribution in [2.24, 2.45) is 5.92 Å². The molecule has 2 atom stereocenters. The number of rotatable bonds is 5. The fourth-order valence-corrected chi connectivity index (χ4v) is 4.71. The van der Waals surface area contributed by atoms with Gasteiger partial charge >= 0.3 is 0 Å². The summed E-state index contributed by atoms with van der Waals surface area (Å²) in [5, 5.41) is 8.23. The molecule has 1 aromatic heterocycles. The van der Waals surface area contributed by atoms with Gasteiger partial charge in [0.25, 0.3) is 10.2 Å². The number of fused-ring (bicyclic) bond motifs is 4. The van der Waals surface area contributed by atoms with Crippen LogP contribution in [-0.4, -0.2) is 71.9 Å². The van der Waals surface area contributed by atoms with Gasteiger partial charge in [0.05, 0.1) is 6.54 Å². The van der Waals surface area contributed by atoms with Gasteiger partial charge in [-0.25, -0.2) is 0 Å². The van der Waals surface area contributed by atoms with Crippen LogP contribution in [0.5, 0.6) is 0 Å². The monoisotopic (exact) mass is 357 g/mol. The lowest BCUT2D eigenvalue weighted by Gasteiger charge is -2.35. The first-order chi connectivity index (χ1) is 11.3. The second-order valence-electron chi connectivity index (χ2n) is 7.32. The molecule has 0 aromatic carbocycles. The maximum absolute atomic E-state index is 12.5. The topological polar surface area (TPSA) is 82.8 Å². The summed E-state index contributed by atoms with van der Waals surface area (Å²) in [6, 6.07) is 0.202. The minimum atomic E-state index is -3.36. The number of aromatic nitrogens is 2. The van der Waals surface area contributed by atoms with Crippen LogP contribution in [0.1, 0.15) is 44.4 Å². The highest BCUT2D eigenvalue weighted by Gasteiger charge is 2.40. The quantitative estimate of drug-likeness (QED) is 0.778. The van der Waals surface area contributed by atoms with Gasteiger partial charge in [0.15, 0.2) is 0 Å². The number of piperidine rings is 1. The maximum Gasteiger partial charge on any atom is 0.281 e. The maximum atomic E-state index is 12.5. The van der Waals surface area contributed by atoms with Crippen LogP contribution in [0.4, 0.5) is 0 Å². The Morgan fingerprint density at radius 1 is 1.21 bits per heavy atom. The Kier molecular flexibility index (Phi) is 4.96. The van der Waals surface area contributed by atoms with Crippen molar-refractivity contribution < 1.29 is 12.8 Å². The fourth-order valence-electron chi connectivity index (χ4n) is 3.49. The third-order valence-corrected chi connectivity index (χ3v) is 6.77. The van der Waals surface area contributed by atoms with E-state index >= 15 is 0 Å². The molecule has 2 bridgehead atoms. The summed E-state index contributed by atoms with van der Waals surface area (Å²) in [5.41, 5.74) is 0. The second kappa shape index (κ2) is 6.70. The summed E-state index contributed by atoms with van der Waals surface area (Å²) in [7, 11) is -0.186. The minimum absolute atomic E-state index is 0.202. The lowest BCUT2D eigenvalue weighted by molar-refractivity contribution is 0.113. The zero-order chi connectivity index (χ0) is 17.5. The summed E-state index contributed by atoms with van der Waals surface area (Å²) in [6.45, 7) is 6.64. The van der Waals surface area contributed by atoms with E-state index in [9.17, 15) is 8.42 Å². The van der Waals surface area contributed by atoms with E-state index in [-0.39, 0.29) is 12.0 Å². The number of hydrogen-bond donors (Lipinski definition) is 0. The first kappa shape index (κ1) is 17.8. The molecule has 3 aliphatic heterocycles. The summed E-state index contributed by atoms with van der Waals surface area (Å²) in [6.07, 6.45) is 2.08. The van der Waals surface area contributed by atoms with Crippen molar-refractivity contribution in [3.05, 3.63) is 11.8 Å². The average molecular weight is 357 g/mol. The van der Waals surface area contributed by atoms with E-state index in [4.69, 9.17) is 4.42 Å². The van der Waals surface area contributed by atoms with Crippen LogP contribution in [0, 0.1) is 5.92 Å². The SMILES string of the molecule is CC(C)c1nnc(CN2C[C@H]3CC[C@@H]2CN(S(=O)(=O)N(C)C)C3)o1. The van der Waals surface area contributed by atoms with E-state index < -0.39 is 10.2 Å². The normalized spacial score (nSPS) is 26.4. The standard InChI is InChI=1S/C15H27N5O3S/c1-11(2)15-17-16-14(23-15)10-19-7-12-5-6-13(19)9-20(8-12)24(21,22)18(3)4/h11-13H,5-10H2,1-4H3/t12-,13-/m1/s1. The first-order valence-electron chi connectivity index (χ1n) is 8.51. The molecule has 4 heterocycles. The summed E-state index contributed by atoms with van der Waals surface area (Å²) < 4.78 is 33.6. The molecule has 4 rings (SSSR count). The zero-order valence-electron chi connectivity index (χ0n) is 14.8. The highest BCUT2D eigenvalue weighted by atomic mass is 32.2. The summed E-state index contributed by atoms with van der Waals surface area (Å²) in [5.74, 6) is 1.84. The van der Waals surface area contributed by atoms with Crippen molar-refractivity contribution in [1.82, 2.24) is 23.7 Å². The molecule has 0 N–H and O–H groups in total. The Bertz CT molecular complexity index is 672. The molecule has 3 aliphatic rings. The molecule has 24 heavy (non-hydrogen) atoms. The van der Waals surface area contributed by atoms with Crippen molar-refractivity contribution >= 4 is 10.2 Å². The molecular formula is C15H27N5O3S. The van der Waals surface area contributed by atoms with Gasteiger partial charge < -0.3 is 4.42 Å². The third-order valence-electron chi connectivity index (χ3n) is 4.90. The van der Waals surface area contributed by atoms with Crippen molar-refractivity contribution in [1.29, 1.82) is 0 Å². The van der Waals surface area contributed by atoms with E-state index in [0.717, 1.165) is 19.4 Å². The highest BCUT2D eigenvalue weighted by Crippen LogP contribution is 2.30. The van der Waals surface area contributed by atoms with Crippen LogP contribution >= 0.6 is 0 Å². The van der Waals surface area contributed by atoms with Gasteiger partial charge in [0.2, 0.25) is 11.8 Å². The van der Waals surface area contributed by atoms with Crippen molar-refractivity contribution in [3.8, 4) is 0 Å². The smallest absolute Gasteiger partial charge is 0.281 e. The molecule has 0 amide bonds. The second-order valence-corrected chi connectivity index (χ2v) is 9.46. The van der Waals surface area contributed by atoms with Gasteiger partial charge in [-0.1, -0.05) is 13.8 Å². The predicted molar refractivity (Wildman–Crippen MR) is 89.5 cm³/mol. The average Bonchev–Trinajstić information content (AvgIpc) is 2.78. The van der Waals surface area contributed by atoms with Crippen LogP contribution in [-0.2, 0) is 16.8 Å². The van der Waals surface area contributed by atoms with E-state index in [2.05, 4.69) is 15.1 Å². The van der Waals surface area contributed by atoms with E-state index in [0.29, 0.717) is 37.3 Å². The lowest BCUT2D eigenvalue weighted by Crippen LogP contribution is -2.45. The van der Waals surface area contributed by atoms with Crippen LogP contribution in [0.3, 0.4) is 0 Å². The highest BCUT2D eigenvalue weighted by molar-refractivity contribution is 7.86. The molecular weight excluding hydrogens is 330 g/mol. The fraction of sp³-hybridized carbons (Fsp3) is 0.867. The van der Waals surface area contributed by atoms with Gasteiger partial charge in [-0.3, -0.25) is 4.90 Å². The first-order valence-corrected chi connectivity index (χ1v) is 9.91. The Hall–Kier alpha value is -1.03. The van der Waals surface area contributed by atoms with Crippen LogP contribution in [0.2, 0.25) is 0 Å². The molecule has 0 saturated carbocycles. The molecule has 0 unspecified atom stereocenters. The van der Waals surface area contributed by atoms with Gasteiger partial charge in [-0.15, -0.1) is 10.2 Å². The van der Waals surface area contributed by atoms with E-state index in [1.807, 2.05) is 13.8 Å².